The summed E-state index contributed by atoms with van der Waals surface area (Å²) in [5.74, 6) is 0. The molecule has 0 radical (unpaired) electrons. The third-order valence-electron chi connectivity index (χ3n) is 5.30. The zero-order valence-electron chi connectivity index (χ0n) is 15.9. The van der Waals surface area contributed by atoms with E-state index < -0.39 is 6.17 Å². The van der Waals surface area contributed by atoms with E-state index in [1.54, 1.807) is 0 Å². The minimum absolute atomic E-state index is 0.393. The van der Waals surface area contributed by atoms with Gasteiger partial charge in [0.25, 0.3) is 0 Å². The molecule has 0 spiro atoms. The van der Waals surface area contributed by atoms with Gasteiger partial charge in [0, 0.05) is 10.8 Å². The number of nitrogens with zero attached hydrogens (tertiary/aromatic N) is 2. The van der Waals surface area contributed by atoms with Crippen molar-refractivity contribution in [2.45, 2.75) is 6.17 Å². The molecule has 0 amide bonds. The van der Waals surface area contributed by atoms with Crippen LogP contribution in [0.25, 0.3) is 32.9 Å². The number of para-hydroxylation sites is 1. The lowest BCUT2D eigenvalue weighted by atomic mass is 10.0. The van der Waals surface area contributed by atoms with Crippen LogP contribution in [0.3, 0.4) is 0 Å². The van der Waals surface area contributed by atoms with Crippen molar-refractivity contribution in [3.05, 3.63) is 109 Å². The second kappa shape index (κ2) is 7.38. The molecule has 5 aromatic rings. The van der Waals surface area contributed by atoms with E-state index in [0.717, 1.165) is 16.6 Å². The Kier molecular flexibility index (Phi) is 4.43. The summed E-state index contributed by atoms with van der Waals surface area (Å²) >= 11 is 0. The molecular weight excluding hydrogens is 354 g/mol. The molecule has 0 aliphatic heterocycles. The van der Waals surface area contributed by atoms with Gasteiger partial charge in [0.05, 0.1) is 17.4 Å². The molecule has 0 bridgehead atoms. The van der Waals surface area contributed by atoms with Gasteiger partial charge in [0.1, 0.15) is 6.17 Å². The summed E-state index contributed by atoms with van der Waals surface area (Å²) in [7, 11) is 0. The number of hydrogen-bond donors (Lipinski definition) is 1. The molecule has 2 N–H and O–H groups in total. The van der Waals surface area contributed by atoms with Crippen LogP contribution < -0.4 is 5.73 Å². The van der Waals surface area contributed by atoms with Crippen molar-refractivity contribution in [2.24, 2.45) is 10.7 Å². The molecule has 0 aliphatic rings. The van der Waals surface area contributed by atoms with Crippen LogP contribution >= 0.6 is 0 Å². The zero-order chi connectivity index (χ0) is 19.6. The van der Waals surface area contributed by atoms with Crippen LogP contribution in [-0.4, -0.2) is 10.9 Å². The predicted octanol–water partition coefficient (Wildman–Crippen LogP) is 6.00. The molecule has 3 heteroatoms. The molecule has 5 rings (SSSR count). The van der Waals surface area contributed by atoms with Crippen LogP contribution in [0.4, 0.5) is 0 Å². The minimum atomic E-state index is -0.393. The van der Waals surface area contributed by atoms with E-state index in [-0.39, 0.29) is 0 Å². The topological polar surface area (TPSA) is 43.3 Å². The van der Waals surface area contributed by atoms with E-state index >= 15 is 0 Å². The van der Waals surface area contributed by atoms with Crippen LogP contribution in [-0.2, 0) is 0 Å². The fourth-order valence-corrected chi connectivity index (χ4v) is 3.81. The molecule has 1 atom stereocenters. The van der Waals surface area contributed by atoms with E-state index in [1.807, 2.05) is 42.7 Å². The van der Waals surface area contributed by atoms with E-state index in [4.69, 9.17) is 5.73 Å². The van der Waals surface area contributed by atoms with Gasteiger partial charge < -0.3 is 10.3 Å². The predicted molar refractivity (Wildman–Crippen MR) is 122 cm³/mol. The van der Waals surface area contributed by atoms with Crippen molar-refractivity contribution in [1.82, 2.24) is 4.57 Å². The largest absolute Gasteiger partial charge is 0.306 e. The molecular formula is C26H21N3. The van der Waals surface area contributed by atoms with Gasteiger partial charge in [-0.05, 0) is 34.9 Å². The number of nitrogens with two attached hydrogens (primary N) is 1. The lowest BCUT2D eigenvalue weighted by molar-refractivity contribution is 0.776. The highest BCUT2D eigenvalue weighted by Gasteiger charge is 2.11. The number of rotatable bonds is 4. The maximum absolute atomic E-state index is 6.29. The second-order valence-electron chi connectivity index (χ2n) is 7.11. The summed E-state index contributed by atoms with van der Waals surface area (Å²) in [6.45, 7) is 0. The molecule has 29 heavy (non-hydrogen) atoms. The number of benzene rings is 4. The molecule has 3 nitrogen and oxygen atoms in total. The smallest absolute Gasteiger partial charge is 0.124 e. The lowest BCUT2D eigenvalue weighted by Crippen LogP contribution is -2.09. The Labute approximate surface area is 169 Å². The van der Waals surface area contributed by atoms with Crippen LogP contribution in [0.1, 0.15) is 11.7 Å². The number of aromatic nitrogens is 1. The first-order chi connectivity index (χ1) is 14.3. The average molecular weight is 375 g/mol. The van der Waals surface area contributed by atoms with Gasteiger partial charge in [0.15, 0.2) is 0 Å². The first kappa shape index (κ1) is 17.4. The monoisotopic (exact) mass is 375 g/mol. The highest BCUT2D eigenvalue weighted by molar-refractivity contribution is 6.12. The number of aliphatic imine (C=N–C) groups is 1. The standard InChI is InChI=1S/C26H21N3/c27-26(20-11-5-2-6-12-20)28-18-29-24-14-8-7-13-22(24)23-17-21(15-16-25(23)29)19-9-3-1-4-10-19/h1-18,26H,27H2/b28-18+. The molecule has 0 fully saturated rings. The van der Waals surface area contributed by atoms with Gasteiger partial charge in [-0.3, -0.25) is 4.99 Å². The van der Waals surface area contributed by atoms with Crippen molar-refractivity contribution >= 4 is 28.1 Å². The van der Waals surface area contributed by atoms with Gasteiger partial charge in [-0.1, -0.05) is 84.9 Å². The Morgan fingerprint density at radius 1 is 0.655 bits per heavy atom. The summed E-state index contributed by atoms with van der Waals surface area (Å²) < 4.78 is 2.13. The van der Waals surface area contributed by atoms with E-state index in [9.17, 15) is 0 Å². The Morgan fingerprint density at radius 2 is 1.31 bits per heavy atom. The molecule has 0 saturated heterocycles. The number of fused-ring (bicyclic) bond motifs is 3. The quantitative estimate of drug-likeness (QED) is 0.304. The van der Waals surface area contributed by atoms with E-state index in [2.05, 4.69) is 76.3 Å². The first-order valence-corrected chi connectivity index (χ1v) is 9.73. The maximum Gasteiger partial charge on any atom is 0.124 e. The Balaban J connectivity index is 1.64. The minimum Gasteiger partial charge on any atom is -0.306 e. The third kappa shape index (κ3) is 3.22. The van der Waals surface area contributed by atoms with Crippen molar-refractivity contribution in [1.29, 1.82) is 0 Å². The average Bonchev–Trinajstić information content (AvgIpc) is 3.11. The maximum atomic E-state index is 6.29. The van der Waals surface area contributed by atoms with Gasteiger partial charge in [-0.15, -0.1) is 0 Å². The zero-order valence-corrected chi connectivity index (χ0v) is 15.9. The van der Waals surface area contributed by atoms with Gasteiger partial charge in [0.2, 0.25) is 0 Å². The fraction of sp³-hybridized carbons (Fsp3) is 0.0385. The molecule has 140 valence electrons. The van der Waals surface area contributed by atoms with Crippen molar-refractivity contribution in [2.75, 3.05) is 0 Å². The Hall–Kier alpha value is -3.69. The normalized spacial score (nSPS) is 12.7. The summed E-state index contributed by atoms with van der Waals surface area (Å²) in [5, 5.41) is 2.42. The molecule has 1 heterocycles. The van der Waals surface area contributed by atoms with Gasteiger partial charge in [-0.25, -0.2) is 0 Å². The summed E-state index contributed by atoms with van der Waals surface area (Å²) in [4.78, 5) is 4.63. The van der Waals surface area contributed by atoms with Crippen LogP contribution in [0.15, 0.2) is 108 Å². The van der Waals surface area contributed by atoms with Crippen LogP contribution in [0.2, 0.25) is 0 Å². The highest BCUT2D eigenvalue weighted by Crippen LogP contribution is 2.32. The van der Waals surface area contributed by atoms with Gasteiger partial charge in [-0.2, -0.15) is 0 Å². The molecule has 4 aromatic carbocycles. The Bertz CT molecular complexity index is 1300. The number of hydrogen-bond acceptors (Lipinski definition) is 2. The van der Waals surface area contributed by atoms with Crippen molar-refractivity contribution < 1.29 is 0 Å². The summed E-state index contributed by atoms with van der Waals surface area (Å²) in [6.07, 6.45) is 1.46. The SMILES string of the molecule is NC(/N=C/n1c2ccccc2c2cc(-c3ccccc3)ccc21)c1ccccc1. The lowest BCUT2D eigenvalue weighted by Gasteiger charge is -2.07. The Morgan fingerprint density at radius 3 is 2.10 bits per heavy atom. The summed E-state index contributed by atoms with van der Waals surface area (Å²) in [6, 6.07) is 35.4. The molecule has 0 aliphatic carbocycles. The summed E-state index contributed by atoms with van der Waals surface area (Å²) in [5.41, 5.74) is 11.9. The third-order valence-corrected chi connectivity index (χ3v) is 5.30. The van der Waals surface area contributed by atoms with Crippen LogP contribution in [0, 0.1) is 0 Å². The first-order valence-electron chi connectivity index (χ1n) is 9.73. The highest BCUT2D eigenvalue weighted by atomic mass is 15.1. The van der Waals surface area contributed by atoms with Crippen LogP contribution in [0.5, 0.6) is 0 Å². The van der Waals surface area contributed by atoms with Crippen molar-refractivity contribution in [3.63, 3.8) is 0 Å². The molecule has 1 aromatic heterocycles. The van der Waals surface area contributed by atoms with E-state index in [0.29, 0.717) is 0 Å². The van der Waals surface area contributed by atoms with Gasteiger partial charge >= 0.3 is 0 Å². The second-order valence-corrected chi connectivity index (χ2v) is 7.11. The fourth-order valence-electron chi connectivity index (χ4n) is 3.81. The van der Waals surface area contributed by atoms with Crippen molar-refractivity contribution in [3.8, 4) is 11.1 Å². The molecule has 0 saturated carbocycles. The molecule has 1 unspecified atom stereocenters. The van der Waals surface area contributed by atoms with E-state index in [1.165, 1.54) is 21.9 Å².